The van der Waals surface area contributed by atoms with E-state index in [4.69, 9.17) is 4.74 Å². The van der Waals surface area contributed by atoms with E-state index in [1.165, 1.54) is 6.08 Å². The predicted molar refractivity (Wildman–Crippen MR) is 104 cm³/mol. The highest BCUT2D eigenvalue weighted by Gasteiger charge is 2.13. The molecule has 0 saturated heterocycles. The number of aliphatic hydroxyl groups excluding tert-OH is 1. The second-order valence-electron chi connectivity index (χ2n) is 6.22. The van der Waals surface area contributed by atoms with E-state index in [2.05, 4.69) is 5.32 Å². The number of ether oxygens (including phenoxy) is 1. The topological polar surface area (TPSA) is 58.6 Å². The highest BCUT2D eigenvalue weighted by atomic mass is 19.1. The van der Waals surface area contributed by atoms with Crippen molar-refractivity contribution in [3.63, 3.8) is 0 Å². The summed E-state index contributed by atoms with van der Waals surface area (Å²) in [6.45, 7) is -0.316. The van der Waals surface area contributed by atoms with Gasteiger partial charge in [0.15, 0.2) is 0 Å². The molecule has 0 radical (unpaired) electrons. The fourth-order valence-electron chi connectivity index (χ4n) is 2.85. The Morgan fingerprint density at radius 1 is 1.11 bits per heavy atom. The first-order chi connectivity index (χ1) is 13.5. The Balaban J connectivity index is 1.77. The van der Waals surface area contributed by atoms with E-state index in [0.717, 1.165) is 35.0 Å². The van der Waals surface area contributed by atoms with Crippen molar-refractivity contribution in [2.45, 2.75) is 6.04 Å². The predicted octanol–water partition coefficient (Wildman–Crippen LogP) is 3.99. The van der Waals surface area contributed by atoms with Gasteiger partial charge in [-0.25, -0.2) is 8.78 Å². The summed E-state index contributed by atoms with van der Waals surface area (Å²) < 4.78 is 32.0. The summed E-state index contributed by atoms with van der Waals surface area (Å²) in [4.78, 5) is 12.2. The molecule has 0 heterocycles. The summed E-state index contributed by atoms with van der Waals surface area (Å²) >= 11 is 0. The molecule has 2 N–H and O–H groups in total. The van der Waals surface area contributed by atoms with Crippen LogP contribution in [-0.4, -0.2) is 24.7 Å². The van der Waals surface area contributed by atoms with Crippen LogP contribution in [0.1, 0.15) is 17.2 Å². The van der Waals surface area contributed by atoms with Gasteiger partial charge < -0.3 is 15.2 Å². The standard InChI is InChI=1S/C22H19F2NO3/c1-28-19-7-4-14-2-3-16(10-17(14)12-19)21(13-26)25-22(27)9-5-15-11-18(23)6-8-20(15)24/h2-12,21,26H,13H2,1H3,(H,25,27)/b9-5+. The third-order valence-electron chi connectivity index (χ3n) is 4.35. The van der Waals surface area contributed by atoms with E-state index in [1.54, 1.807) is 7.11 Å². The Labute approximate surface area is 161 Å². The Morgan fingerprint density at radius 3 is 2.64 bits per heavy atom. The highest BCUT2D eigenvalue weighted by molar-refractivity contribution is 5.92. The SMILES string of the molecule is COc1ccc2ccc(C(CO)NC(=O)/C=C/c3cc(F)ccc3F)cc2c1. The number of carbonyl (C=O) groups excluding carboxylic acids is 1. The lowest BCUT2D eigenvalue weighted by atomic mass is 10.0. The van der Waals surface area contributed by atoms with Crippen molar-refractivity contribution in [3.05, 3.63) is 83.4 Å². The van der Waals surface area contributed by atoms with E-state index in [9.17, 15) is 18.7 Å². The first-order valence-corrected chi connectivity index (χ1v) is 8.62. The van der Waals surface area contributed by atoms with Crippen LogP contribution in [0.25, 0.3) is 16.8 Å². The lowest BCUT2D eigenvalue weighted by molar-refractivity contribution is -0.117. The molecule has 0 aliphatic rings. The fraction of sp³-hybridized carbons (Fsp3) is 0.136. The summed E-state index contributed by atoms with van der Waals surface area (Å²) in [6.07, 6.45) is 2.29. The molecule has 0 aliphatic carbocycles. The molecule has 0 aliphatic heterocycles. The number of amides is 1. The van der Waals surface area contributed by atoms with Crippen molar-refractivity contribution in [2.75, 3.05) is 13.7 Å². The molecule has 1 unspecified atom stereocenters. The average molecular weight is 383 g/mol. The number of benzene rings is 3. The van der Waals surface area contributed by atoms with Crippen LogP contribution in [0, 0.1) is 11.6 Å². The number of carbonyl (C=O) groups is 1. The van der Waals surface area contributed by atoms with Crippen molar-refractivity contribution < 1.29 is 23.4 Å². The summed E-state index contributed by atoms with van der Waals surface area (Å²) in [5.41, 5.74) is 0.676. The molecule has 0 bridgehead atoms. The van der Waals surface area contributed by atoms with Gasteiger partial charge in [-0.05, 0) is 58.8 Å². The van der Waals surface area contributed by atoms with Crippen LogP contribution in [0.5, 0.6) is 5.75 Å². The molecule has 1 amide bonds. The second kappa shape index (κ2) is 8.63. The molecule has 4 nitrogen and oxygen atoms in total. The van der Waals surface area contributed by atoms with Crippen molar-refractivity contribution in [1.82, 2.24) is 5.32 Å². The molecule has 3 aromatic rings. The number of fused-ring (bicyclic) bond motifs is 1. The number of aliphatic hydroxyl groups is 1. The lowest BCUT2D eigenvalue weighted by Crippen LogP contribution is -2.29. The van der Waals surface area contributed by atoms with Crippen LogP contribution >= 0.6 is 0 Å². The average Bonchev–Trinajstić information content (AvgIpc) is 2.71. The number of halogens is 2. The molecule has 1 atom stereocenters. The maximum absolute atomic E-state index is 13.6. The molecule has 0 spiro atoms. The minimum atomic E-state index is -0.648. The zero-order valence-corrected chi connectivity index (χ0v) is 15.2. The zero-order chi connectivity index (χ0) is 20.1. The van der Waals surface area contributed by atoms with Gasteiger partial charge in [0.2, 0.25) is 5.91 Å². The van der Waals surface area contributed by atoms with Gasteiger partial charge in [0, 0.05) is 11.6 Å². The normalized spacial score (nSPS) is 12.3. The van der Waals surface area contributed by atoms with E-state index in [1.807, 2.05) is 36.4 Å². The van der Waals surface area contributed by atoms with E-state index >= 15 is 0 Å². The van der Waals surface area contributed by atoms with E-state index in [-0.39, 0.29) is 12.2 Å². The molecule has 0 fully saturated rings. The molecule has 6 heteroatoms. The van der Waals surface area contributed by atoms with Gasteiger partial charge in [-0.3, -0.25) is 4.79 Å². The molecule has 3 rings (SSSR count). The quantitative estimate of drug-likeness (QED) is 0.633. The molecule has 3 aromatic carbocycles. The smallest absolute Gasteiger partial charge is 0.244 e. The molecule has 0 saturated carbocycles. The van der Waals surface area contributed by atoms with E-state index < -0.39 is 23.6 Å². The van der Waals surface area contributed by atoms with Gasteiger partial charge in [0.1, 0.15) is 17.4 Å². The zero-order valence-electron chi connectivity index (χ0n) is 15.2. The van der Waals surface area contributed by atoms with Crippen LogP contribution in [0.4, 0.5) is 8.78 Å². The van der Waals surface area contributed by atoms with Crippen LogP contribution < -0.4 is 10.1 Å². The largest absolute Gasteiger partial charge is 0.497 e. The first kappa shape index (κ1) is 19.5. The maximum Gasteiger partial charge on any atom is 0.244 e. The van der Waals surface area contributed by atoms with Gasteiger partial charge in [-0.1, -0.05) is 18.2 Å². The monoisotopic (exact) mass is 383 g/mol. The van der Waals surface area contributed by atoms with E-state index in [0.29, 0.717) is 11.3 Å². The minimum absolute atomic E-state index is 0.0338. The maximum atomic E-state index is 13.6. The third-order valence-corrected chi connectivity index (χ3v) is 4.35. The van der Waals surface area contributed by atoms with Crippen molar-refractivity contribution in [2.24, 2.45) is 0 Å². The van der Waals surface area contributed by atoms with Crippen LogP contribution in [0.2, 0.25) is 0 Å². The Kier molecular flexibility index (Phi) is 6.01. The highest BCUT2D eigenvalue weighted by Crippen LogP contribution is 2.24. The summed E-state index contributed by atoms with van der Waals surface area (Å²) in [6, 6.07) is 13.5. The van der Waals surface area contributed by atoms with Crippen LogP contribution in [0.15, 0.2) is 60.7 Å². The molecular formula is C22H19F2NO3. The van der Waals surface area contributed by atoms with Crippen molar-refractivity contribution >= 4 is 22.8 Å². The number of rotatable bonds is 6. The minimum Gasteiger partial charge on any atom is -0.497 e. The van der Waals surface area contributed by atoms with Crippen LogP contribution in [-0.2, 0) is 4.79 Å². The molecular weight excluding hydrogens is 364 g/mol. The lowest BCUT2D eigenvalue weighted by Gasteiger charge is -2.16. The number of methoxy groups -OCH3 is 1. The summed E-state index contributed by atoms with van der Waals surface area (Å²) in [7, 11) is 1.58. The van der Waals surface area contributed by atoms with Gasteiger partial charge in [-0.15, -0.1) is 0 Å². The van der Waals surface area contributed by atoms with Gasteiger partial charge >= 0.3 is 0 Å². The number of hydrogen-bond donors (Lipinski definition) is 2. The Hall–Kier alpha value is -3.25. The number of nitrogens with one attached hydrogen (secondary N) is 1. The Morgan fingerprint density at radius 2 is 1.89 bits per heavy atom. The second-order valence-corrected chi connectivity index (χ2v) is 6.22. The van der Waals surface area contributed by atoms with Gasteiger partial charge in [-0.2, -0.15) is 0 Å². The summed E-state index contributed by atoms with van der Waals surface area (Å²) in [5.74, 6) is -1.06. The molecule has 28 heavy (non-hydrogen) atoms. The van der Waals surface area contributed by atoms with Crippen molar-refractivity contribution in [1.29, 1.82) is 0 Å². The van der Waals surface area contributed by atoms with Gasteiger partial charge in [0.25, 0.3) is 0 Å². The van der Waals surface area contributed by atoms with Crippen molar-refractivity contribution in [3.8, 4) is 5.75 Å². The summed E-state index contributed by atoms with van der Waals surface area (Å²) in [5, 5.41) is 14.3. The van der Waals surface area contributed by atoms with Gasteiger partial charge in [0.05, 0.1) is 19.8 Å². The third kappa shape index (κ3) is 4.53. The fourth-order valence-corrected chi connectivity index (χ4v) is 2.85. The molecule has 0 aromatic heterocycles. The number of hydrogen-bond acceptors (Lipinski definition) is 3. The molecule has 144 valence electrons. The van der Waals surface area contributed by atoms with Crippen LogP contribution in [0.3, 0.4) is 0 Å². The first-order valence-electron chi connectivity index (χ1n) is 8.62. The Bertz CT molecular complexity index is 1030.